The van der Waals surface area contributed by atoms with Gasteiger partial charge < -0.3 is 10.4 Å². The summed E-state index contributed by atoms with van der Waals surface area (Å²) in [7, 11) is 0. The summed E-state index contributed by atoms with van der Waals surface area (Å²) in [5, 5.41) is 11.9. The first-order valence-corrected chi connectivity index (χ1v) is 6.14. The molecule has 0 fully saturated rings. The molecule has 0 saturated carbocycles. The highest BCUT2D eigenvalue weighted by atomic mass is 35.5. The Hall–Kier alpha value is -0.770. The van der Waals surface area contributed by atoms with Crippen LogP contribution in [-0.4, -0.2) is 29.0 Å². The van der Waals surface area contributed by atoms with Crippen LogP contribution < -0.4 is 5.32 Å². The van der Waals surface area contributed by atoms with Gasteiger partial charge >= 0.3 is 0 Å². The van der Waals surface area contributed by atoms with Crippen LogP contribution in [0.15, 0.2) is 24.3 Å². The Kier molecular flexibility index (Phi) is 5.75. The highest BCUT2D eigenvalue weighted by Crippen LogP contribution is 2.11. The zero-order valence-corrected chi connectivity index (χ0v) is 11.0. The molecule has 1 unspecified atom stereocenters. The zero-order chi connectivity index (χ0) is 12.8. The maximum Gasteiger partial charge on any atom is 0.238 e. The third-order valence-corrected chi connectivity index (χ3v) is 2.77. The highest BCUT2D eigenvalue weighted by molar-refractivity contribution is 6.30. The highest BCUT2D eigenvalue weighted by Gasteiger charge is 2.15. The van der Waals surface area contributed by atoms with E-state index in [9.17, 15) is 9.90 Å². The number of rotatable bonds is 5. The molecular weight excluding hydrogens is 261 g/mol. The van der Waals surface area contributed by atoms with E-state index >= 15 is 0 Å². The standard InChI is InChI=1S/C12H15Cl2NO2/c1-8(13)12(17)15-11(7-16)6-9-2-4-10(14)5-3-9/h2-5,8,11,16H,6-7H2,1H3,(H,15,17)/t8?,11-/m1/s1. The number of aliphatic hydroxyl groups is 1. The van der Waals surface area contributed by atoms with Crippen LogP contribution in [0.5, 0.6) is 0 Å². The minimum absolute atomic E-state index is 0.127. The lowest BCUT2D eigenvalue weighted by Crippen LogP contribution is -2.42. The van der Waals surface area contributed by atoms with E-state index in [4.69, 9.17) is 23.2 Å². The number of benzene rings is 1. The van der Waals surface area contributed by atoms with Gasteiger partial charge in [0.25, 0.3) is 0 Å². The second kappa shape index (κ2) is 6.84. The molecule has 0 spiro atoms. The number of carbonyl (C=O) groups is 1. The lowest BCUT2D eigenvalue weighted by Gasteiger charge is -2.17. The van der Waals surface area contributed by atoms with Crippen LogP contribution in [0.1, 0.15) is 12.5 Å². The van der Waals surface area contributed by atoms with Crippen molar-refractivity contribution in [2.75, 3.05) is 6.61 Å². The lowest BCUT2D eigenvalue weighted by molar-refractivity contribution is -0.121. The second-order valence-electron chi connectivity index (χ2n) is 3.83. The van der Waals surface area contributed by atoms with E-state index in [1.54, 1.807) is 19.1 Å². The average Bonchev–Trinajstić information content (AvgIpc) is 2.30. The van der Waals surface area contributed by atoms with Crippen molar-refractivity contribution in [3.63, 3.8) is 0 Å². The number of alkyl halides is 1. The Bertz CT molecular complexity index is 365. The van der Waals surface area contributed by atoms with Crippen molar-refractivity contribution >= 4 is 29.1 Å². The second-order valence-corrected chi connectivity index (χ2v) is 4.93. The van der Waals surface area contributed by atoms with Crippen molar-refractivity contribution in [3.05, 3.63) is 34.9 Å². The summed E-state index contributed by atoms with van der Waals surface area (Å²) in [4.78, 5) is 11.4. The summed E-state index contributed by atoms with van der Waals surface area (Å²) in [5.41, 5.74) is 0.996. The molecule has 1 amide bonds. The average molecular weight is 276 g/mol. The smallest absolute Gasteiger partial charge is 0.238 e. The van der Waals surface area contributed by atoms with Gasteiger partial charge in [-0.15, -0.1) is 11.6 Å². The summed E-state index contributed by atoms with van der Waals surface area (Å²) < 4.78 is 0. The van der Waals surface area contributed by atoms with Gasteiger partial charge in [0, 0.05) is 5.02 Å². The Morgan fingerprint density at radius 1 is 1.41 bits per heavy atom. The predicted octanol–water partition coefficient (Wildman–Crippen LogP) is 1.99. The van der Waals surface area contributed by atoms with Gasteiger partial charge in [0.2, 0.25) is 5.91 Å². The van der Waals surface area contributed by atoms with Crippen molar-refractivity contribution in [1.29, 1.82) is 0 Å². The monoisotopic (exact) mass is 275 g/mol. The van der Waals surface area contributed by atoms with E-state index in [-0.39, 0.29) is 18.6 Å². The van der Waals surface area contributed by atoms with Crippen LogP contribution in [-0.2, 0) is 11.2 Å². The fourth-order valence-electron chi connectivity index (χ4n) is 1.38. The molecule has 2 N–H and O–H groups in total. The summed E-state index contributed by atoms with van der Waals surface area (Å²) >= 11 is 11.4. The largest absolute Gasteiger partial charge is 0.394 e. The number of carbonyl (C=O) groups excluding carboxylic acids is 1. The first kappa shape index (κ1) is 14.3. The van der Waals surface area contributed by atoms with Gasteiger partial charge in [-0.05, 0) is 31.0 Å². The van der Waals surface area contributed by atoms with Crippen LogP contribution in [0.2, 0.25) is 5.02 Å². The summed E-state index contributed by atoms with van der Waals surface area (Å²) in [6.45, 7) is 1.46. The lowest BCUT2D eigenvalue weighted by atomic mass is 10.1. The number of hydrogen-bond acceptors (Lipinski definition) is 2. The maximum atomic E-state index is 11.4. The van der Waals surface area contributed by atoms with Crippen LogP contribution in [0, 0.1) is 0 Å². The Morgan fingerprint density at radius 2 is 2.00 bits per heavy atom. The third-order valence-electron chi connectivity index (χ3n) is 2.32. The van der Waals surface area contributed by atoms with E-state index in [0.717, 1.165) is 5.56 Å². The molecule has 1 aromatic carbocycles. The van der Waals surface area contributed by atoms with E-state index in [1.807, 2.05) is 12.1 Å². The predicted molar refractivity (Wildman–Crippen MR) is 69.5 cm³/mol. The zero-order valence-electron chi connectivity index (χ0n) is 9.49. The van der Waals surface area contributed by atoms with Gasteiger partial charge in [0.1, 0.15) is 5.38 Å². The third kappa shape index (κ3) is 4.94. The van der Waals surface area contributed by atoms with E-state index < -0.39 is 5.38 Å². The van der Waals surface area contributed by atoms with Crippen LogP contribution in [0.25, 0.3) is 0 Å². The van der Waals surface area contributed by atoms with Gasteiger partial charge in [0.15, 0.2) is 0 Å². The molecule has 0 aliphatic heterocycles. The van der Waals surface area contributed by atoms with Crippen molar-refractivity contribution in [2.24, 2.45) is 0 Å². The Balaban J connectivity index is 2.57. The number of aliphatic hydroxyl groups excluding tert-OH is 1. The summed E-state index contributed by atoms with van der Waals surface area (Å²) in [5.74, 6) is -0.278. The normalized spacial score (nSPS) is 14.1. The molecule has 17 heavy (non-hydrogen) atoms. The van der Waals surface area contributed by atoms with Gasteiger partial charge in [-0.25, -0.2) is 0 Å². The minimum atomic E-state index is -0.603. The van der Waals surface area contributed by atoms with Crippen molar-refractivity contribution in [2.45, 2.75) is 24.8 Å². The quantitative estimate of drug-likeness (QED) is 0.808. The van der Waals surface area contributed by atoms with Gasteiger partial charge in [0.05, 0.1) is 12.6 Å². The molecule has 5 heteroatoms. The van der Waals surface area contributed by atoms with Gasteiger partial charge in [-0.1, -0.05) is 23.7 Å². The van der Waals surface area contributed by atoms with Gasteiger partial charge in [-0.3, -0.25) is 4.79 Å². The van der Waals surface area contributed by atoms with Crippen LogP contribution in [0.4, 0.5) is 0 Å². The molecule has 3 nitrogen and oxygen atoms in total. The number of hydrogen-bond donors (Lipinski definition) is 2. The van der Waals surface area contributed by atoms with Crippen LogP contribution in [0.3, 0.4) is 0 Å². The number of amides is 1. The first-order valence-electron chi connectivity index (χ1n) is 5.32. The first-order chi connectivity index (χ1) is 8.02. The van der Waals surface area contributed by atoms with Gasteiger partial charge in [-0.2, -0.15) is 0 Å². The summed E-state index contributed by atoms with van der Waals surface area (Å²) in [6, 6.07) is 6.95. The number of nitrogens with one attached hydrogen (secondary N) is 1. The molecule has 0 bridgehead atoms. The molecule has 1 aromatic rings. The molecule has 1 rings (SSSR count). The molecule has 0 aliphatic rings. The molecule has 94 valence electrons. The number of halogens is 2. The minimum Gasteiger partial charge on any atom is -0.394 e. The maximum absolute atomic E-state index is 11.4. The van der Waals surface area contributed by atoms with E-state index in [2.05, 4.69) is 5.32 Å². The Morgan fingerprint density at radius 3 is 2.47 bits per heavy atom. The van der Waals surface area contributed by atoms with Crippen LogP contribution >= 0.6 is 23.2 Å². The van der Waals surface area contributed by atoms with Crippen molar-refractivity contribution < 1.29 is 9.90 Å². The topological polar surface area (TPSA) is 49.3 Å². The molecule has 0 saturated heterocycles. The van der Waals surface area contributed by atoms with E-state index in [0.29, 0.717) is 11.4 Å². The van der Waals surface area contributed by atoms with E-state index in [1.165, 1.54) is 0 Å². The molecule has 0 heterocycles. The molecule has 0 aromatic heterocycles. The Labute approximate surface area is 111 Å². The SMILES string of the molecule is CC(Cl)C(=O)N[C@@H](CO)Cc1ccc(Cl)cc1. The molecule has 2 atom stereocenters. The summed E-state index contributed by atoms with van der Waals surface area (Å²) in [6.07, 6.45) is 0.545. The van der Waals surface area contributed by atoms with Crippen molar-refractivity contribution in [1.82, 2.24) is 5.32 Å². The molecular formula is C12H15Cl2NO2. The van der Waals surface area contributed by atoms with Crippen molar-refractivity contribution in [3.8, 4) is 0 Å². The fourth-order valence-corrected chi connectivity index (χ4v) is 1.57. The molecule has 0 radical (unpaired) electrons. The molecule has 0 aliphatic carbocycles. The fraction of sp³-hybridized carbons (Fsp3) is 0.417.